The van der Waals surface area contributed by atoms with E-state index in [-0.39, 0.29) is 16.4 Å². The SMILES string of the molecule is CC(C)c1ccc(NC(=O)c2ccn(S(=O)(=O)c3ccc4[nH]ccc4c3)c2)cc1F. The molecule has 6 nitrogen and oxygen atoms in total. The smallest absolute Gasteiger partial charge is 0.267 e. The van der Waals surface area contributed by atoms with E-state index in [9.17, 15) is 17.6 Å². The number of rotatable bonds is 5. The van der Waals surface area contributed by atoms with Gasteiger partial charge < -0.3 is 10.3 Å². The van der Waals surface area contributed by atoms with Crippen molar-refractivity contribution in [3.05, 3.63) is 84.1 Å². The van der Waals surface area contributed by atoms with E-state index in [1.54, 1.807) is 36.5 Å². The van der Waals surface area contributed by atoms with Gasteiger partial charge in [0, 0.05) is 35.2 Å². The van der Waals surface area contributed by atoms with Crippen LogP contribution < -0.4 is 5.32 Å². The van der Waals surface area contributed by atoms with Gasteiger partial charge in [0.2, 0.25) is 0 Å². The highest BCUT2D eigenvalue weighted by molar-refractivity contribution is 7.90. The van der Waals surface area contributed by atoms with E-state index >= 15 is 0 Å². The van der Waals surface area contributed by atoms with Gasteiger partial charge in [0.1, 0.15) is 5.82 Å². The zero-order valence-electron chi connectivity index (χ0n) is 16.4. The van der Waals surface area contributed by atoms with Gasteiger partial charge >= 0.3 is 0 Å². The topological polar surface area (TPSA) is 84.0 Å². The summed E-state index contributed by atoms with van der Waals surface area (Å²) in [5, 5.41) is 3.37. The number of aromatic nitrogens is 2. The molecule has 0 radical (unpaired) electrons. The maximum atomic E-state index is 14.2. The van der Waals surface area contributed by atoms with Crippen LogP contribution >= 0.6 is 0 Å². The highest BCUT2D eigenvalue weighted by Crippen LogP contribution is 2.23. The summed E-state index contributed by atoms with van der Waals surface area (Å²) in [6, 6.07) is 12.5. The maximum absolute atomic E-state index is 14.2. The molecule has 0 aliphatic rings. The molecule has 2 heterocycles. The van der Waals surface area contributed by atoms with Crippen molar-refractivity contribution in [2.45, 2.75) is 24.7 Å². The largest absolute Gasteiger partial charge is 0.361 e. The second kappa shape index (κ2) is 7.46. The van der Waals surface area contributed by atoms with Crippen LogP contribution in [0.4, 0.5) is 10.1 Å². The standard InChI is InChI=1S/C22H20FN3O3S/c1-14(2)19-5-3-17(12-20(19)23)25-22(27)16-8-10-26(13-16)30(28,29)18-4-6-21-15(11-18)7-9-24-21/h3-14,24H,1-2H3,(H,25,27). The van der Waals surface area contributed by atoms with Gasteiger partial charge in [0.05, 0.1) is 10.5 Å². The fourth-order valence-corrected chi connectivity index (χ4v) is 4.48. The molecule has 0 aliphatic heterocycles. The normalized spacial score (nSPS) is 11.9. The minimum atomic E-state index is -3.85. The van der Waals surface area contributed by atoms with Crippen molar-refractivity contribution in [2.75, 3.05) is 5.32 Å². The fourth-order valence-electron chi connectivity index (χ4n) is 3.25. The van der Waals surface area contributed by atoms with Crippen LogP contribution in [0.15, 0.2) is 72.0 Å². The molecule has 1 amide bonds. The van der Waals surface area contributed by atoms with Crippen molar-refractivity contribution in [2.24, 2.45) is 0 Å². The molecule has 2 aromatic carbocycles. The van der Waals surface area contributed by atoms with Crippen molar-refractivity contribution in [1.29, 1.82) is 0 Å². The van der Waals surface area contributed by atoms with E-state index in [1.165, 1.54) is 30.6 Å². The van der Waals surface area contributed by atoms with Crippen LogP contribution in [0.1, 0.15) is 35.7 Å². The quantitative estimate of drug-likeness (QED) is 0.485. The third kappa shape index (κ3) is 3.61. The van der Waals surface area contributed by atoms with Crippen molar-refractivity contribution < 1.29 is 17.6 Å². The van der Waals surface area contributed by atoms with Crippen molar-refractivity contribution >= 4 is 32.5 Å². The number of aromatic amines is 1. The number of amides is 1. The van der Waals surface area contributed by atoms with Crippen LogP contribution in [-0.2, 0) is 10.0 Å². The molecule has 0 spiro atoms. The monoisotopic (exact) mass is 425 g/mol. The van der Waals surface area contributed by atoms with Gasteiger partial charge in [0.15, 0.2) is 0 Å². The number of carbonyl (C=O) groups is 1. The lowest BCUT2D eigenvalue weighted by molar-refractivity contribution is 0.102. The predicted molar refractivity (Wildman–Crippen MR) is 114 cm³/mol. The van der Waals surface area contributed by atoms with E-state index in [2.05, 4.69) is 10.3 Å². The van der Waals surface area contributed by atoms with Crippen LogP contribution in [0.25, 0.3) is 10.9 Å². The minimum absolute atomic E-state index is 0.0273. The molecule has 4 aromatic rings. The lowest BCUT2D eigenvalue weighted by Crippen LogP contribution is -2.13. The summed E-state index contributed by atoms with van der Waals surface area (Å²) in [7, 11) is -3.85. The summed E-state index contributed by atoms with van der Waals surface area (Å²) in [5.74, 6) is -0.899. The van der Waals surface area contributed by atoms with Crippen LogP contribution in [0.3, 0.4) is 0 Å². The van der Waals surface area contributed by atoms with Gasteiger partial charge in [-0.3, -0.25) is 4.79 Å². The first-order valence-corrected chi connectivity index (χ1v) is 10.8. The Morgan fingerprint density at radius 3 is 2.63 bits per heavy atom. The predicted octanol–water partition coefficient (Wildman–Crippen LogP) is 4.72. The molecule has 2 aromatic heterocycles. The van der Waals surface area contributed by atoms with Crippen molar-refractivity contribution in [3.63, 3.8) is 0 Å². The Bertz CT molecular complexity index is 1350. The number of nitrogens with zero attached hydrogens (tertiary/aromatic N) is 1. The Balaban J connectivity index is 1.57. The van der Waals surface area contributed by atoms with Crippen LogP contribution in [0.2, 0.25) is 0 Å². The Hall–Kier alpha value is -3.39. The first-order valence-electron chi connectivity index (χ1n) is 9.37. The molecule has 0 bridgehead atoms. The van der Waals surface area contributed by atoms with Crippen molar-refractivity contribution in [1.82, 2.24) is 8.96 Å². The van der Waals surface area contributed by atoms with Crippen LogP contribution in [0.5, 0.6) is 0 Å². The zero-order chi connectivity index (χ0) is 21.5. The summed E-state index contributed by atoms with van der Waals surface area (Å²) in [5.41, 5.74) is 1.84. The fraction of sp³-hybridized carbons (Fsp3) is 0.136. The summed E-state index contributed by atoms with van der Waals surface area (Å²) in [6.45, 7) is 3.77. The van der Waals surface area contributed by atoms with Gasteiger partial charge in [-0.15, -0.1) is 0 Å². The second-order valence-corrected chi connectivity index (χ2v) is 9.15. The Labute approximate surface area is 173 Å². The van der Waals surface area contributed by atoms with E-state index in [1.807, 2.05) is 13.8 Å². The number of benzene rings is 2. The summed E-state index contributed by atoms with van der Waals surface area (Å²) >= 11 is 0. The number of carbonyl (C=O) groups excluding carboxylic acids is 1. The van der Waals surface area contributed by atoms with Gasteiger partial charge in [-0.1, -0.05) is 19.9 Å². The van der Waals surface area contributed by atoms with E-state index in [0.717, 1.165) is 14.9 Å². The molecule has 4 rings (SSSR count). The van der Waals surface area contributed by atoms with Gasteiger partial charge in [-0.05, 0) is 53.9 Å². The molecule has 0 saturated carbocycles. The number of H-pyrrole nitrogens is 1. The highest BCUT2D eigenvalue weighted by atomic mass is 32.2. The molecule has 0 fully saturated rings. The third-order valence-corrected chi connectivity index (χ3v) is 6.54. The van der Waals surface area contributed by atoms with E-state index in [0.29, 0.717) is 11.3 Å². The Morgan fingerprint density at radius 1 is 1.10 bits per heavy atom. The summed E-state index contributed by atoms with van der Waals surface area (Å²) in [6.07, 6.45) is 4.29. The molecule has 154 valence electrons. The lowest BCUT2D eigenvalue weighted by Gasteiger charge is -2.10. The summed E-state index contributed by atoms with van der Waals surface area (Å²) in [4.78, 5) is 15.6. The summed E-state index contributed by atoms with van der Waals surface area (Å²) < 4.78 is 41.0. The number of anilines is 1. The van der Waals surface area contributed by atoms with Gasteiger partial charge in [0.25, 0.3) is 15.9 Å². The molecule has 0 atom stereocenters. The number of nitrogens with one attached hydrogen (secondary N) is 2. The molecule has 30 heavy (non-hydrogen) atoms. The first-order chi connectivity index (χ1) is 14.3. The molecule has 2 N–H and O–H groups in total. The van der Waals surface area contributed by atoms with Gasteiger partial charge in [-0.25, -0.2) is 16.8 Å². The Morgan fingerprint density at radius 2 is 1.90 bits per heavy atom. The van der Waals surface area contributed by atoms with E-state index in [4.69, 9.17) is 0 Å². The number of hydrogen-bond donors (Lipinski definition) is 2. The number of hydrogen-bond acceptors (Lipinski definition) is 3. The molecular formula is C22H20FN3O3S. The minimum Gasteiger partial charge on any atom is -0.361 e. The average molecular weight is 425 g/mol. The maximum Gasteiger partial charge on any atom is 0.267 e. The average Bonchev–Trinajstić information content (AvgIpc) is 3.37. The van der Waals surface area contributed by atoms with E-state index < -0.39 is 21.7 Å². The van der Waals surface area contributed by atoms with Crippen molar-refractivity contribution in [3.8, 4) is 0 Å². The Kier molecular flexibility index (Phi) is 4.95. The third-order valence-electron chi connectivity index (χ3n) is 4.91. The van der Waals surface area contributed by atoms with Crippen LogP contribution in [0, 0.1) is 5.82 Å². The van der Waals surface area contributed by atoms with Gasteiger partial charge in [-0.2, -0.15) is 0 Å². The molecule has 0 unspecified atom stereocenters. The van der Waals surface area contributed by atoms with Crippen LogP contribution in [-0.4, -0.2) is 23.3 Å². The second-order valence-electron chi connectivity index (χ2n) is 7.31. The molecule has 0 aliphatic carbocycles. The number of fused-ring (bicyclic) bond motifs is 1. The molecule has 0 saturated heterocycles. The zero-order valence-corrected chi connectivity index (χ0v) is 17.2. The first kappa shape index (κ1) is 19.9. The molecule has 8 heteroatoms. The lowest BCUT2D eigenvalue weighted by atomic mass is 10.0. The number of halogens is 1. The molecular weight excluding hydrogens is 405 g/mol. The highest BCUT2D eigenvalue weighted by Gasteiger charge is 2.19.